The van der Waals surface area contributed by atoms with Gasteiger partial charge in [0.15, 0.2) is 0 Å². The number of nitrogens with one attached hydrogen (secondary N) is 2. The van der Waals surface area contributed by atoms with Crippen LogP contribution >= 0.6 is 54.0 Å². The lowest BCUT2D eigenvalue weighted by Crippen LogP contribution is -2.56. The lowest BCUT2D eigenvalue weighted by atomic mass is 9.88. The Balaban J connectivity index is -0.00000506. The molecular weight excluding hydrogens is 701 g/mol. The van der Waals surface area contributed by atoms with Crippen LogP contribution in [0.15, 0.2) is 42.0 Å². The van der Waals surface area contributed by atoms with Gasteiger partial charge in [-0.3, -0.25) is 20.2 Å². The van der Waals surface area contributed by atoms with Gasteiger partial charge in [-0.1, -0.05) is 89.4 Å². The molecule has 0 aromatic heterocycles. The summed E-state index contributed by atoms with van der Waals surface area (Å²) >= 11 is 0. The molecule has 2 rings (SSSR count). The summed E-state index contributed by atoms with van der Waals surface area (Å²) in [7, 11) is 0. The molecule has 0 heterocycles. The summed E-state index contributed by atoms with van der Waals surface area (Å²) in [6.07, 6.45) is 13.4. The standard InChI is InChI=1S/C31H50N4O9.4H2S/c1-2-3-4-5-6-7-8-9-10-11-12-13-14-15-28(37)26(20-32-25-18-22(21-36)29(38)31(40)30(25)39)33-24-17-16-23(34(41)42)19-27(24)35(43)44;;;;/h14-19,25-26,28-33,36-40H,2-13,20-21H2,1H3;4*1H2/b15-14-;;;;/t25?,26?,28-,29?,30+,31?;;;;/m1..../s1. The second-order valence-corrected chi connectivity index (χ2v) is 11.5. The van der Waals surface area contributed by atoms with Gasteiger partial charge in [-0.15, -0.1) is 0 Å². The summed E-state index contributed by atoms with van der Waals surface area (Å²) in [5, 5.41) is 79.9. The van der Waals surface area contributed by atoms with E-state index in [4.69, 9.17) is 0 Å². The Morgan fingerprint density at radius 1 is 0.854 bits per heavy atom. The zero-order valence-electron chi connectivity index (χ0n) is 27.6. The summed E-state index contributed by atoms with van der Waals surface area (Å²) < 4.78 is 0. The minimum Gasteiger partial charge on any atom is -0.392 e. The summed E-state index contributed by atoms with van der Waals surface area (Å²) in [5.41, 5.74) is -0.927. The smallest absolute Gasteiger partial charge is 0.299 e. The molecule has 13 nitrogen and oxygen atoms in total. The van der Waals surface area contributed by atoms with E-state index in [1.807, 2.05) is 6.08 Å². The van der Waals surface area contributed by atoms with Gasteiger partial charge in [0, 0.05) is 12.6 Å². The molecule has 6 atom stereocenters. The van der Waals surface area contributed by atoms with Gasteiger partial charge in [-0.05, 0) is 24.5 Å². The Hall–Kier alpha value is -1.54. The maximum absolute atomic E-state index is 11.7. The predicted molar refractivity (Wildman–Crippen MR) is 210 cm³/mol. The van der Waals surface area contributed by atoms with E-state index in [2.05, 4.69) is 17.6 Å². The van der Waals surface area contributed by atoms with Crippen LogP contribution in [0.2, 0.25) is 0 Å². The molecule has 0 saturated carbocycles. The van der Waals surface area contributed by atoms with Crippen molar-refractivity contribution >= 4 is 71.0 Å². The van der Waals surface area contributed by atoms with Crippen molar-refractivity contribution in [1.29, 1.82) is 0 Å². The second-order valence-electron chi connectivity index (χ2n) is 11.5. The Morgan fingerprint density at radius 2 is 1.42 bits per heavy atom. The van der Waals surface area contributed by atoms with Crippen LogP contribution < -0.4 is 10.6 Å². The Morgan fingerprint density at radius 3 is 1.94 bits per heavy atom. The van der Waals surface area contributed by atoms with E-state index < -0.39 is 64.3 Å². The topological polar surface area (TPSA) is 211 Å². The largest absolute Gasteiger partial charge is 0.392 e. The number of nitro groups is 2. The van der Waals surface area contributed by atoms with Gasteiger partial charge in [0.25, 0.3) is 11.4 Å². The maximum Gasteiger partial charge on any atom is 0.299 e. The quantitative estimate of drug-likeness (QED) is 0.0383. The molecule has 0 radical (unpaired) electrons. The number of aliphatic hydroxyl groups excluding tert-OH is 5. The number of aliphatic hydroxyl groups is 5. The van der Waals surface area contributed by atoms with Crippen molar-refractivity contribution in [2.75, 3.05) is 18.5 Å². The van der Waals surface area contributed by atoms with Gasteiger partial charge in [-0.25, -0.2) is 0 Å². The minimum absolute atomic E-state index is 0. The number of nitrogens with zero attached hydrogens (tertiary/aromatic N) is 2. The molecule has 0 amide bonds. The molecule has 17 heteroatoms. The van der Waals surface area contributed by atoms with Crippen molar-refractivity contribution in [3.05, 3.63) is 62.2 Å². The third-order valence-electron chi connectivity index (χ3n) is 8.02. The second kappa shape index (κ2) is 28.2. The molecule has 1 aromatic rings. The van der Waals surface area contributed by atoms with Crippen LogP contribution in [-0.2, 0) is 0 Å². The molecule has 48 heavy (non-hydrogen) atoms. The average Bonchev–Trinajstić information content (AvgIpc) is 3.00. The van der Waals surface area contributed by atoms with E-state index in [1.165, 1.54) is 63.5 Å². The van der Waals surface area contributed by atoms with Gasteiger partial charge < -0.3 is 36.2 Å². The normalized spacial score (nSPS) is 19.8. The Labute approximate surface area is 311 Å². The summed E-state index contributed by atoms with van der Waals surface area (Å²) in [6.45, 7) is 1.61. The molecule has 7 N–H and O–H groups in total. The lowest BCUT2D eigenvalue weighted by molar-refractivity contribution is -0.393. The van der Waals surface area contributed by atoms with Crippen molar-refractivity contribution in [2.45, 2.75) is 120 Å². The molecular formula is C31H58N4O9S4. The monoisotopic (exact) mass is 758 g/mol. The lowest BCUT2D eigenvalue weighted by Gasteiger charge is -2.35. The molecule has 0 aliphatic heterocycles. The molecule has 0 fully saturated rings. The van der Waals surface area contributed by atoms with Gasteiger partial charge in [0.2, 0.25) is 0 Å². The van der Waals surface area contributed by atoms with E-state index >= 15 is 0 Å². The highest BCUT2D eigenvalue weighted by Gasteiger charge is 2.37. The van der Waals surface area contributed by atoms with Crippen LogP contribution in [0.3, 0.4) is 0 Å². The van der Waals surface area contributed by atoms with Gasteiger partial charge in [0.05, 0.1) is 40.7 Å². The summed E-state index contributed by atoms with van der Waals surface area (Å²) in [6, 6.07) is 1.35. The Kier molecular flexibility index (Phi) is 29.9. The van der Waals surface area contributed by atoms with E-state index in [0.29, 0.717) is 0 Å². The molecule has 1 aromatic carbocycles. The van der Waals surface area contributed by atoms with Crippen LogP contribution in [0.1, 0.15) is 84.0 Å². The first kappa shape index (κ1) is 50.8. The van der Waals surface area contributed by atoms with Crippen LogP contribution in [0.4, 0.5) is 17.1 Å². The predicted octanol–water partition coefficient (Wildman–Crippen LogP) is 4.33. The number of hydrogen-bond donors (Lipinski definition) is 7. The van der Waals surface area contributed by atoms with Crippen molar-refractivity contribution in [3.63, 3.8) is 0 Å². The van der Waals surface area contributed by atoms with E-state index in [0.717, 1.165) is 37.8 Å². The number of unbranched alkanes of at least 4 members (excludes halogenated alkanes) is 11. The fourth-order valence-electron chi connectivity index (χ4n) is 5.30. The van der Waals surface area contributed by atoms with Crippen molar-refractivity contribution < 1.29 is 35.4 Å². The fraction of sp³-hybridized carbons (Fsp3) is 0.677. The first-order valence-electron chi connectivity index (χ1n) is 15.7. The number of hydrogen-bond acceptors (Lipinski definition) is 11. The SMILES string of the molecule is CCCCCCCCCCCCC/C=C\[C@@H](O)C(CNC1C=C(CO)C(O)C(O)[C@H]1O)Nc1ccc([N+](=O)[O-])cc1[N+](=O)[O-].S.S.S.S. The number of anilines is 1. The average molecular weight is 759 g/mol. The number of nitro benzene ring substituents is 2. The molecule has 1 aliphatic rings. The van der Waals surface area contributed by atoms with Crippen molar-refractivity contribution in [1.82, 2.24) is 5.32 Å². The number of benzene rings is 1. The summed E-state index contributed by atoms with van der Waals surface area (Å²) in [4.78, 5) is 21.3. The van der Waals surface area contributed by atoms with Gasteiger partial charge >= 0.3 is 0 Å². The summed E-state index contributed by atoms with van der Waals surface area (Å²) in [5.74, 6) is 0. The third kappa shape index (κ3) is 17.4. The third-order valence-corrected chi connectivity index (χ3v) is 8.02. The number of allylic oxidation sites excluding steroid dienone is 1. The molecule has 280 valence electrons. The number of rotatable bonds is 22. The molecule has 0 saturated heterocycles. The van der Waals surface area contributed by atoms with Gasteiger partial charge in [-0.2, -0.15) is 54.0 Å². The van der Waals surface area contributed by atoms with Crippen molar-refractivity contribution in [3.8, 4) is 0 Å². The first-order valence-corrected chi connectivity index (χ1v) is 15.7. The number of non-ortho nitro benzene ring substituents is 1. The zero-order valence-corrected chi connectivity index (χ0v) is 31.6. The highest BCUT2D eigenvalue weighted by atomic mass is 32.1. The van der Waals surface area contributed by atoms with Crippen LogP contribution in [0.5, 0.6) is 0 Å². The fourth-order valence-corrected chi connectivity index (χ4v) is 5.30. The van der Waals surface area contributed by atoms with E-state index in [9.17, 15) is 45.8 Å². The van der Waals surface area contributed by atoms with Crippen LogP contribution in [-0.4, -0.2) is 85.0 Å². The first-order chi connectivity index (χ1) is 21.1. The van der Waals surface area contributed by atoms with E-state index in [-0.39, 0.29) is 71.8 Å². The molecule has 1 aliphatic carbocycles. The maximum atomic E-state index is 11.7. The molecule has 0 spiro atoms. The van der Waals surface area contributed by atoms with Crippen LogP contribution in [0, 0.1) is 20.2 Å². The molecule has 4 unspecified atom stereocenters. The highest BCUT2D eigenvalue weighted by Crippen LogP contribution is 2.30. The Bertz CT molecular complexity index is 1100. The van der Waals surface area contributed by atoms with Gasteiger partial charge in [0.1, 0.15) is 24.0 Å². The van der Waals surface area contributed by atoms with Crippen LogP contribution in [0.25, 0.3) is 0 Å². The highest BCUT2D eigenvalue weighted by molar-refractivity contribution is 7.59. The minimum atomic E-state index is -1.56. The zero-order chi connectivity index (χ0) is 32.5. The van der Waals surface area contributed by atoms with E-state index in [1.54, 1.807) is 6.08 Å². The van der Waals surface area contributed by atoms with Crippen molar-refractivity contribution in [2.24, 2.45) is 0 Å². The molecule has 0 bridgehead atoms.